The number of carbonyl (C=O) groups excluding carboxylic acids is 1. The molecule has 0 spiro atoms. The summed E-state index contributed by atoms with van der Waals surface area (Å²) in [5.41, 5.74) is 10.1. The molecule has 1 saturated heterocycles. The summed E-state index contributed by atoms with van der Waals surface area (Å²) in [4.78, 5) is 18.9. The molecular formula is C22H27N5O. The molecule has 1 fully saturated rings. The Morgan fingerprint density at radius 2 is 2.11 bits per heavy atom. The molecule has 0 aliphatic carbocycles. The van der Waals surface area contributed by atoms with Gasteiger partial charge in [-0.05, 0) is 48.1 Å². The van der Waals surface area contributed by atoms with Crippen molar-refractivity contribution >= 4 is 16.8 Å². The molecule has 0 saturated carbocycles. The highest BCUT2D eigenvalue weighted by Crippen LogP contribution is 2.31. The number of nitrogens with two attached hydrogens (primary N) is 1. The minimum atomic E-state index is -0.518. The largest absolute Gasteiger partial charge is 0.364 e. The molecule has 28 heavy (non-hydrogen) atoms. The number of benzene rings is 1. The number of pyridine rings is 1. The quantitative estimate of drug-likeness (QED) is 0.756. The van der Waals surface area contributed by atoms with E-state index in [1.54, 1.807) is 16.9 Å². The molecule has 0 unspecified atom stereocenters. The smallest absolute Gasteiger partial charge is 0.267 e. The fourth-order valence-electron chi connectivity index (χ4n) is 4.24. The van der Waals surface area contributed by atoms with E-state index in [1.165, 1.54) is 18.4 Å². The molecule has 0 atom stereocenters. The van der Waals surface area contributed by atoms with Crippen molar-refractivity contribution in [3.8, 4) is 11.1 Å². The average molecular weight is 377 g/mol. The van der Waals surface area contributed by atoms with Gasteiger partial charge in [0, 0.05) is 37.3 Å². The van der Waals surface area contributed by atoms with Gasteiger partial charge in [0.1, 0.15) is 5.69 Å². The van der Waals surface area contributed by atoms with E-state index in [1.807, 2.05) is 13.2 Å². The first-order valence-electron chi connectivity index (χ1n) is 9.76. The van der Waals surface area contributed by atoms with Crippen LogP contribution in [0.5, 0.6) is 0 Å². The minimum absolute atomic E-state index is 0.280. The van der Waals surface area contributed by atoms with Gasteiger partial charge in [0.2, 0.25) is 0 Å². The van der Waals surface area contributed by atoms with E-state index in [4.69, 9.17) is 5.73 Å². The number of nitrogens with zero attached hydrogens (tertiary/aromatic N) is 4. The van der Waals surface area contributed by atoms with Crippen molar-refractivity contribution in [1.29, 1.82) is 0 Å². The summed E-state index contributed by atoms with van der Waals surface area (Å²) < 4.78 is 1.75. The van der Waals surface area contributed by atoms with Crippen LogP contribution in [0.1, 0.15) is 42.7 Å². The number of amides is 1. The molecule has 6 nitrogen and oxygen atoms in total. The van der Waals surface area contributed by atoms with Crippen molar-refractivity contribution in [3.05, 3.63) is 47.9 Å². The fraction of sp³-hybridized carbons (Fsp3) is 0.409. The number of aromatic nitrogens is 3. The Bertz CT molecular complexity index is 1040. The predicted octanol–water partition coefficient (Wildman–Crippen LogP) is 3.36. The molecule has 6 heteroatoms. The molecule has 0 bridgehead atoms. The van der Waals surface area contributed by atoms with Crippen molar-refractivity contribution in [2.45, 2.75) is 33.2 Å². The van der Waals surface area contributed by atoms with Crippen LogP contribution in [0.4, 0.5) is 0 Å². The number of hydrogen-bond acceptors (Lipinski definition) is 4. The first-order valence-corrected chi connectivity index (χ1v) is 9.76. The summed E-state index contributed by atoms with van der Waals surface area (Å²) in [5, 5.41) is 5.26. The molecule has 4 rings (SSSR count). The van der Waals surface area contributed by atoms with E-state index in [0.29, 0.717) is 5.41 Å². The van der Waals surface area contributed by atoms with Gasteiger partial charge < -0.3 is 5.73 Å². The van der Waals surface area contributed by atoms with Gasteiger partial charge in [-0.15, -0.1) is 0 Å². The lowest BCUT2D eigenvalue weighted by molar-refractivity contribution is 0.0996. The monoisotopic (exact) mass is 377 g/mol. The van der Waals surface area contributed by atoms with Gasteiger partial charge in [-0.1, -0.05) is 26.0 Å². The number of likely N-dealkylation sites (tertiary alicyclic amines) is 1. The lowest BCUT2D eigenvalue weighted by Crippen LogP contribution is -2.39. The molecule has 1 aliphatic heterocycles. The topological polar surface area (TPSA) is 77.0 Å². The number of aryl methyl sites for hydroxylation is 1. The zero-order valence-corrected chi connectivity index (χ0v) is 16.8. The Labute approximate surface area is 165 Å². The van der Waals surface area contributed by atoms with Crippen LogP contribution in [-0.4, -0.2) is 38.7 Å². The Balaban J connectivity index is 1.73. The van der Waals surface area contributed by atoms with E-state index >= 15 is 0 Å². The first-order chi connectivity index (χ1) is 13.3. The Kier molecular flexibility index (Phi) is 4.67. The van der Waals surface area contributed by atoms with Gasteiger partial charge in [-0.25, -0.2) is 4.98 Å². The lowest BCUT2D eigenvalue weighted by Gasteiger charge is -2.38. The number of piperidine rings is 1. The predicted molar refractivity (Wildman–Crippen MR) is 111 cm³/mol. The highest BCUT2D eigenvalue weighted by molar-refractivity contribution is 6.00. The van der Waals surface area contributed by atoms with E-state index in [-0.39, 0.29) is 5.69 Å². The summed E-state index contributed by atoms with van der Waals surface area (Å²) >= 11 is 0. The SMILES string of the molecule is Cn1cc(-c2cc(C(N)=O)nc3cc(CN4CCCC(C)(C)C4)ccc23)cn1. The zero-order valence-electron chi connectivity index (χ0n) is 16.8. The number of rotatable bonds is 4. The molecule has 0 radical (unpaired) electrons. The Morgan fingerprint density at radius 3 is 2.79 bits per heavy atom. The van der Waals surface area contributed by atoms with Crippen molar-refractivity contribution in [3.63, 3.8) is 0 Å². The van der Waals surface area contributed by atoms with Crippen LogP contribution in [0.2, 0.25) is 0 Å². The van der Waals surface area contributed by atoms with Gasteiger partial charge >= 0.3 is 0 Å². The summed E-state index contributed by atoms with van der Waals surface area (Å²) in [6.45, 7) is 7.78. The molecule has 3 heterocycles. The van der Waals surface area contributed by atoms with Gasteiger partial charge in [0.15, 0.2) is 0 Å². The van der Waals surface area contributed by atoms with Crippen molar-refractivity contribution in [2.24, 2.45) is 18.2 Å². The van der Waals surface area contributed by atoms with Gasteiger partial charge in [-0.2, -0.15) is 5.10 Å². The molecular weight excluding hydrogens is 350 g/mol. The molecule has 3 aromatic rings. The summed E-state index contributed by atoms with van der Waals surface area (Å²) in [5.74, 6) is -0.518. The highest BCUT2D eigenvalue weighted by atomic mass is 16.1. The second-order valence-electron chi connectivity index (χ2n) is 8.65. The maximum Gasteiger partial charge on any atom is 0.267 e. The van der Waals surface area contributed by atoms with E-state index < -0.39 is 5.91 Å². The van der Waals surface area contributed by atoms with Gasteiger partial charge in [-0.3, -0.25) is 14.4 Å². The molecule has 146 valence electrons. The van der Waals surface area contributed by atoms with Crippen LogP contribution in [0.25, 0.3) is 22.0 Å². The maximum absolute atomic E-state index is 11.8. The van der Waals surface area contributed by atoms with E-state index in [2.05, 4.69) is 47.0 Å². The molecule has 1 aromatic carbocycles. The molecule has 1 amide bonds. The summed E-state index contributed by atoms with van der Waals surface area (Å²) in [6.07, 6.45) is 6.24. The van der Waals surface area contributed by atoms with Crippen LogP contribution in [0.3, 0.4) is 0 Å². The summed E-state index contributed by atoms with van der Waals surface area (Å²) in [6, 6.07) is 8.10. The van der Waals surface area contributed by atoms with Gasteiger partial charge in [0.25, 0.3) is 5.91 Å². The number of primary amides is 1. The third kappa shape index (κ3) is 3.78. The first kappa shape index (κ1) is 18.6. The standard InChI is InChI=1S/C22H27N5O/c1-22(2)7-4-8-27(14-22)12-15-5-6-17-18(16-11-24-26(3)13-16)10-20(21(23)28)25-19(17)9-15/h5-6,9-11,13H,4,7-8,12,14H2,1-3H3,(H2,23,28). The van der Waals surface area contributed by atoms with Crippen molar-refractivity contribution in [2.75, 3.05) is 13.1 Å². The fourth-order valence-corrected chi connectivity index (χ4v) is 4.24. The van der Waals surface area contributed by atoms with E-state index in [9.17, 15) is 4.79 Å². The third-order valence-electron chi connectivity index (χ3n) is 5.53. The second-order valence-corrected chi connectivity index (χ2v) is 8.65. The lowest BCUT2D eigenvalue weighted by atomic mass is 9.84. The maximum atomic E-state index is 11.8. The molecule has 2 aromatic heterocycles. The van der Waals surface area contributed by atoms with Crippen LogP contribution in [0, 0.1) is 5.41 Å². The van der Waals surface area contributed by atoms with Gasteiger partial charge in [0.05, 0.1) is 11.7 Å². The second kappa shape index (κ2) is 7.02. The van der Waals surface area contributed by atoms with Crippen molar-refractivity contribution < 1.29 is 4.79 Å². The summed E-state index contributed by atoms with van der Waals surface area (Å²) in [7, 11) is 1.88. The van der Waals surface area contributed by atoms with E-state index in [0.717, 1.165) is 41.7 Å². The highest BCUT2D eigenvalue weighted by Gasteiger charge is 2.26. The third-order valence-corrected chi connectivity index (χ3v) is 5.53. The van der Waals surface area contributed by atoms with Crippen LogP contribution < -0.4 is 5.73 Å². The number of hydrogen-bond donors (Lipinski definition) is 1. The Hall–Kier alpha value is -2.73. The molecule has 2 N–H and O–H groups in total. The Morgan fingerprint density at radius 1 is 1.29 bits per heavy atom. The van der Waals surface area contributed by atoms with Crippen LogP contribution >= 0.6 is 0 Å². The van der Waals surface area contributed by atoms with Crippen LogP contribution in [-0.2, 0) is 13.6 Å². The zero-order chi connectivity index (χ0) is 19.9. The molecule has 1 aliphatic rings. The minimum Gasteiger partial charge on any atom is -0.364 e. The van der Waals surface area contributed by atoms with Crippen LogP contribution in [0.15, 0.2) is 36.7 Å². The number of fused-ring (bicyclic) bond motifs is 1. The number of carbonyl (C=O) groups is 1. The van der Waals surface area contributed by atoms with Crippen molar-refractivity contribution in [1.82, 2.24) is 19.7 Å². The average Bonchev–Trinajstić information content (AvgIpc) is 3.06. The normalized spacial score (nSPS) is 17.1.